The summed E-state index contributed by atoms with van der Waals surface area (Å²) in [6, 6.07) is 15.5. The molecular formula is C21H26FN3. The molecule has 1 heterocycles. The van der Waals surface area contributed by atoms with Crippen LogP contribution in [-0.2, 0) is 13.0 Å². The standard InChI is InChI=1S/C21H26FN3/c1-24(2)12-13-25(16-17-6-4-3-5-7-17)11-10-18-15-23-21-9-8-19(22)14-20(18)21/h3-9,14-15,23H,10-13,16H2,1-2H3. The maximum atomic E-state index is 13.6. The molecule has 0 unspecified atom stereocenters. The maximum absolute atomic E-state index is 13.6. The fourth-order valence-corrected chi connectivity index (χ4v) is 3.09. The second-order valence-corrected chi connectivity index (χ2v) is 6.82. The fraction of sp³-hybridized carbons (Fsp3) is 0.333. The summed E-state index contributed by atoms with van der Waals surface area (Å²) in [4.78, 5) is 7.92. The van der Waals surface area contributed by atoms with Crippen molar-refractivity contribution in [3.8, 4) is 0 Å². The second-order valence-electron chi connectivity index (χ2n) is 6.82. The minimum atomic E-state index is -0.179. The van der Waals surface area contributed by atoms with Gasteiger partial charge in [0.25, 0.3) is 0 Å². The van der Waals surface area contributed by atoms with E-state index in [1.807, 2.05) is 18.3 Å². The molecule has 0 aliphatic carbocycles. The number of nitrogens with zero attached hydrogens (tertiary/aromatic N) is 2. The molecule has 0 saturated heterocycles. The first-order valence-electron chi connectivity index (χ1n) is 8.78. The molecule has 1 N–H and O–H groups in total. The lowest BCUT2D eigenvalue weighted by Gasteiger charge is -2.24. The van der Waals surface area contributed by atoms with E-state index in [2.05, 4.69) is 53.1 Å². The number of fused-ring (bicyclic) bond motifs is 1. The number of hydrogen-bond acceptors (Lipinski definition) is 2. The Labute approximate surface area is 149 Å². The van der Waals surface area contributed by atoms with E-state index in [1.165, 1.54) is 17.2 Å². The number of hydrogen-bond donors (Lipinski definition) is 1. The molecule has 0 amide bonds. The van der Waals surface area contributed by atoms with Crippen molar-refractivity contribution in [1.29, 1.82) is 0 Å². The first-order chi connectivity index (χ1) is 12.1. The van der Waals surface area contributed by atoms with Crippen molar-refractivity contribution in [2.24, 2.45) is 0 Å². The smallest absolute Gasteiger partial charge is 0.123 e. The number of rotatable bonds is 8. The van der Waals surface area contributed by atoms with Gasteiger partial charge in [-0.25, -0.2) is 4.39 Å². The zero-order chi connectivity index (χ0) is 17.6. The molecule has 4 heteroatoms. The SMILES string of the molecule is CN(C)CCN(CCc1c[nH]c2ccc(F)cc12)Cc1ccccc1. The van der Waals surface area contributed by atoms with Crippen LogP contribution in [0.15, 0.2) is 54.7 Å². The van der Waals surface area contributed by atoms with Crippen molar-refractivity contribution in [3.63, 3.8) is 0 Å². The Morgan fingerprint density at radius 2 is 1.76 bits per heavy atom. The molecule has 0 bridgehead atoms. The topological polar surface area (TPSA) is 22.3 Å². The number of aromatic nitrogens is 1. The Balaban J connectivity index is 1.69. The molecule has 25 heavy (non-hydrogen) atoms. The van der Waals surface area contributed by atoms with Crippen molar-refractivity contribution in [3.05, 3.63) is 71.7 Å². The van der Waals surface area contributed by atoms with E-state index in [0.717, 1.165) is 43.5 Å². The van der Waals surface area contributed by atoms with E-state index in [-0.39, 0.29) is 5.82 Å². The Morgan fingerprint density at radius 3 is 2.52 bits per heavy atom. The first-order valence-corrected chi connectivity index (χ1v) is 8.78. The molecule has 0 aliphatic rings. The number of H-pyrrole nitrogens is 1. The van der Waals surface area contributed by atoms with Crippen LogP contribution >= 0.6 is 0 Å². The zero-order valence-electron chi connectivity index (χ0n) is 15.0. The van der Waals surface area contributed by atoms with Gasteiger partial charge >= 0.3 is 0 Å². The van der Waals surface area contributed by atoms with Crippen molar-refractivity contribution < 1.29 is 4.39 Å². The van der Waals surface area contributed by atoms with Gasteiger partial charge in [-0.15, -0.1) is 0 Å². The Hall–Kier alpha value is -2.17. The van der Waals surface area contributed by atoms with Gasteiger partial charge < -0.3 is 9.88 Å². The van der Waals surface area contributed by atoms with Crippen molar-refractivity contribution >= 4 is 10.9 Å². The summed E-state index contributed by atoms with van der Waals surface area (Å²) in [5, 5.41) is 0.993. The fourth-order valence-electron chi connectivity index (χ4n) is 3.09. The number of likely N-dealkylation sites (N-methyl/N-ethyl adjacent to an activating group) is 1. The minimum absolute atomic E-state index is 0.179. The summed E-state index contributed by atoms with van der Waals surface area (Å²) in [6.45, 7) is 3.92. The van der Waals surface area contributed by atoms with Crippen LogP contribution in [0.1, 0.15) is 11.1 Å². The molecule has 0 spiro atoms. The van der Waals surface area contributed by atoms with Crippen LogP contribution in [0.4, 0.5) is 4.39 Å². The number of halogens is 1. The average Bonchev–Trinajstić information content (AvgIpc) is 3.00. The predicted octanol–water partition coefficient (Wildman–Crippen LogP) is 3.91. The van der Waals surface area contributed by atoms with Crippen LogP contribution in [0, 0.1) is 5.82 Å². The van der Waals surface area contributed by atoms with Crippen molar-refractivity contribution in [2.75, 3.05) is 33.7 Å². The summed E-state index contributed by atoms with van der Waals surface area (Å²) in [5.74, 6) is -0.179. The molecule has 1 aromatic heterocycles. The summed E-state index contributed by atoms with van der Waals surface area (Å²) >= 11 is 0. The third-order valence-corrected chi connectivity index (χ3v) is 4.54. The van der Waals surface area contributed by atoms with Gasteiger partial charge in [-0.2, -0.15) is 0 Å². The molecule has 2 aromatic carbocycles. The van der Waals surface area contributed by atoms with Gasteiger partial charge in [0, 0.05) is 43.3 Å². The van der Waals surface area contributed by atoms with Crippen LogP contribution in [0.3, 0.4) is 0 Å². The highest BCUT2D eigenvalue weighted by Crippen LogP contribution is 2.20. The van der Waals surface area contributed by atoms with E-state index in [4.69, 9.17) is 0 Å². The largest absolute Gasteiger partial charge is 0.361 e. The lowest BCUT2D eigenvalue weighted by molar-refractivity contribution is 0.236. The third-order valence-electron chi connectivity index (χ3n) is 4.54. The lowest BCUT2D eigenvalue weighted by atomic mass is 10.1. The quantitative estimate of drug-likeness (QED) is 0.672. The normalized spacial score (nSPS) is 11.7. The predicted molar refractivity (Wildman–Crippen MR) is 102 cm³/mol. The molecule has 0 radical (unpaired) electrons. The van der Waals surface area contributed by atoms with Crippen LogP contribution in [0.25, 0.3) is 10.9 Å². The Kier molecular flexibility index (Phi) is 5.84. The van der Waals surface area contributed by atoms with Crippen molar-refractivity contribution in [1.82, 2.24) is 14.8 Å². The van der Waals surface area contributed by atoms with Gasteiger partial charge in [0.05, 0.1) is 0 Å². The van der Waals surface area contributed by atoms with E-state index >= 15 is 0 Å². The van der Waals surface area contributed by atoms with Crippen LogP contribution in [-0.4, -0.2) is 48.5 Å². The average molecular weight is 339 g/mol. The van der Waals surface area contributed by atoms with Gasteiger partial charge in [0.2, 0.25) is 0 Å². The number of nitrogens with one attached hydrogen (secondary N) is 1. The maximum Gasteiger partial charge on any atom is 0.123 e. The van der Waals surface area contributed by atoms with Gasteiger partial charge in [-0.3, -0.25) is 4.90 Å². The summed E-state index contributed by atoms with van der Waals surface area (Å²) in [5.41, 5.74) is 3.50. The van der Waals surface area contributed by atoms with Crippen LogP contribution in [0.5, 0.6) is 0 Å². The van der Waals surface area contributed by atoms with Crippen molar-refractivity contribution in [2.45, 2.75) is 13.0 Å². The highest BCUT2D eigenvalue weighted by molar-refractivity contribution is 5.83. The monoisotopic (exact) mass is 339 g/mol. The lowest BCUT2D eigenvalue weighted by Crippen LogP contribution is -2.32. The summed E-state index contributed by atoms with van der Waals surface area (Å²) in [6.07, 6.45) is 2.92. The molecule has 0 aliphatic heterocycles. The highest BCUT2D eigenvalue weighted by atomic mass is 19.1. The molecule has 3 aromatic rings. The first kappa shape index (κ1) is 17.6. The second kappa shape index (κ2) is 8.28. The van der Waals surface area contributed by atoms with E-state index in [9.17, 15) is 4.39 Å². The van der Waals surface area contributed by atoms with E-state index in [1.54, 1.807) is 6.07 Å². The molecule has 0 fully saturated rings. The molecule has 3 rings (SSSR count). The molecule has 0 saturated carbocycles. The number of aromatic amines is 1. The van der Waals surface area contributed by atoms with Gasteiger partial charge in [-0.05, 0) is 49.8 Å². The van der Waals surface area contributed by atoms with E-state index in [0.29, 0.717) is 0 Å². The van der Waals surface area contributed by atoms with Crippen LogP contribution < -0.4 is 0 Å². The summed E-state index contributed by atoms with van der Waals surface area (Å²) in [7, 11) is 4.20. The van der Waals surface area contributed by atoms with Gasteiger partial charge in [0.15, 0.2) is 0 Å². The molecule has 3 nitrogen and oxygen atoms in total. The molecule has 132 valence electrons. The summed E-state index contributed by atoms with van der Waals surface area (Å²) < 4.78 is 13.6. The van der Waals surface area contributed by atoms with Gasteiger partial charge in [0.1, 0.15) is 5.82 Å². The van der Waals surface area contributed by atoms with E-state index < -0.39 is 0 Å². The van der Waals surface area contributed by atoms with Crippen LogP contribution in [0.2, 0.25) is 0 Å². The Morgan fingerprint density at radius 1 is 0.960 bits per heavy atom. The zero-order valence-corrected chi connectivity index (χ0v) is 15.0. The Bertz CT molecular complexity index is 795. The highest BCUT2D eigenvalue weighted by Gasteiger charge is 2.10. The minimum Gasteiger partial charge on any atom is -0.361 e. The number of benzene rings is 2. The third kappa shape index (κ3) is 4.91. The van der Waals surface area contributed by atoms with Gasteiger partial charge in [-0.1, -0.05) is 30.3 Å². The molecular weight excluding hydrogens is 313 g/mol. The molecule has 0 atom stereocenters.